The van der Waals surface area contributed by atoms with Gasteiger partial charge in [-0.3, -0.25) is 0 Å². The van der Waals surface area contributed by atoms with Crippen LogP contribution in [0.3, 0.4) is 0 Å². The first-order valence-electron chi connectivity index (χ1n) is 12.0. The maximum Gasteiger partial charge on any atom is 0 e. The van der Waals surface area contributed by atoms with E-state index in [1.165, 1.54) is 51.4 Å². The molecule has 3 aliphatic carbocycles. The lowest BCUT2D eigenvalue weighted by atomic mass is 9.65. The second kappa shape index (κ2) is 12.1. The molecule has 2 N–H and O–H groups in total. The second-order valence-electron chi connectivity index (χ2n) is 9.94. The molecule has 0 unspecified atom stereocenters. The maximum absolute atomic E-state index is 2.54. The van der Waals surface area contributed by atoms with Gasteiger partial charge in [0, 0.05) is 2.85 Å². The lowest BCUT2D eigenvalue weighted by Gasteiger charge is -2.41. The number of hydrogen-bond acceptors (Lipinski definition) is 0. The lowest BCUT2D eigenvalue weighted by Crippen LogP contribution is -2.29. The number of hydrogen-bond donors (Lipinski definition) is 0. The Labute approximate surface area is 172 Å². The molecule has 3 fully saturated rings. The molecule has 27 heavy (non-hydrogen) atoms. The summed E-state index contributed by atoms with van der Waals surface area (Å²) in [5.74, 6) is 6.22. The van der Waals surface area contributed by atoms with Crippen LogP contribution < -0.4 is 0 Å². The van der Waals surface area contributed by atoms with Gasteiger partial charge in [0.2, 0.25) is 0 Å². The van der Waals surface area contributed by atoms with Gasteiger partial charge in [0.25, 0.3) is 0 Å². The maximum atomic E-state index is 2.54. The highest BCUT2D eigenvalue weighted by molar-refractivity contribution is 4.94. The Morgan fingerprint density at radius 3 is 1.52 bits per heavy atom. The highest BCUT2D eigenvalue weighted by atomic mass is 16.0. The monoisotopic (exact) mass is 378 g/mol. The van der Waals surface area contributed by atoms with Crippen LogP contribution in [-0.2, 0) is 0 Å². The van der Waals surface area contributed by atoms with Crippen LogP contribution in [0.4, 0.5) is 0 Å². The molecule has 0 aromatic rings. The quantitative estimate of drug-likeness (QED) is 0.331. The SMILES string of the molecule is C/C=C/CC/C=C/C1CCC(C2CCC(C3CCC(C)CC3)CC2)CC1.O.[HH].[HH]. The van der Waals surface area contributed by atoms with Crippen LogP contribution in [0, 0.1) is 35.5 Å². The van der Waals surface area contributed by atoms with Gasteiger partial charge in [0.1, 0.15) is 0 Å². The topological polar surface area (TPSA) is 31.5 Å². The van der Waals surface area contributed by atoms with Gasteiger partial charge in [-0.2, -0.15) is 0 Å². The van der Waals surface area contributed by atoms with Gasteiger partial charge in [0.05, 0.1) is 0 Å². The molecule has 3 rings (SSSR count). The molecule has 0 spiro atoms. The highest BCUT2D eigenvalue weighted by Crippen LogP contribution is 2.45. The molecule has 0 aromatic heterocycles. The van der Waals surface area contributed by atoms with Crippen LogP contribution in [0.25, 0.3) is 0 Å². The van der Waals surface area contributed by atoms with Crippen molar-refractivity contribution in [2.24, 2.45) is 35.5 Å². The lowest BCUT2D eigenvalue weighted by molar-refractivity contribution is 0.110. The van der Waals surface area contributed by atoms with Crippen molar-refractivity contribution in [1.29, 1.82) is 0 Å². The van der Waals surface area contributed by atoms with E-state index in [2.05, 4.69) is 38.2 Å². The number of allylic oxidation sites excluding steroid dienone is 4. The molecule has 0 aromatic carbocycles. The summed E-state index contributed by atoms with van der Waals surface area (Å²) in [6.45, 7) is 4.58. The van der Waals surface area contributed by atoms with Crippen molar-refractivity contribution in [3.8, 4) is 0 Å². The molecule has 0 aliphatic heterocycles. The fraction of sp³-hybridized carbons (Fsp3) is 0.846. The molecule has 160 valence electrons. The summed E-state index contributed by atoms with van der Waals surface area (Å²) in [6.07, 6.45) is 30.2. The first kappa shape index (κ1) is 22.7. The Bertz CT molecular complexity index is 438. The third kappa shape index (κ3) is 7.08. The molecule has 3 aliphatic rings. The zero-order valence-electron chi connectivity index (χ0n) is 18.2. The summed E-state index contributed by atoms with van der Waals surface area (Å²) in [4.78, 5) is 0. The average molecular weight is 379 g/mol. The van der Waals surface area contributed by atoms with E-state index in [-0.39, 0.29) is 8.33 Å². The summed E-state index contributed by atoms with van der Waals surface area (Å²) in [7, 11) is 0. The van der Waals surface area contributed by atoms with Crippen LogP contribution in [0.15, 0.2) is 24.3 Å². The van der Waals surface area contributed by atoms with Crippen LogP contribution in [0.2, 0.25) is 0 Å². The van der Waals surface area contributed by atoms with Crippen molar-refractivity contribution in [1.82, 2.24) is 0 Å². The Kier molecular flexibility index (Phi) is 10.2. The van der Waals surface area contributed by atoms with Gasteiger partial charge in [0.15, 0.2) is 0 Å². The smallest absolute Gasteiger partial charge is 0 e. The zero-order valence-corrected chi connectivity index (χ0v) is 18.2. The first-order valence-corrected chi connectivity index (χ1v) is 12.0. The van der Waals surface area contributed by atoms with E-state index in [4.69, 9.17) is 0 Å². The van der Waals surface area contributed by atoms with E-state index < -0.39 is 0 Å². The van der Waals surface area contributed by atoms with Crippen molar-refractivity contribution in [3.63, 3.8) is 0 Å². The predicted octanol–water partition coefficient (Wildman–Crippen LogP) is 8.01. The fourth-order valence-corrected chi connectivity index (χ4v) is 6.30. The predicted molar refractivity (Wildman–Crippen MR) is 123 cm³/mol. The van der Waals surface area contributed by atoms with Gasteiger partial charge in [-0.1, -0.05) is 44.1 Å². The molecule has 0 radical (unpaired) electrons. The molecule has 0 heterocycles. The number of rotatable bonds is 6. The number of unbranched alkanes of at least 4 members (excludes halogenated alkanes) is 1. The van der Waals surface area contributed by atoms with Gasteiger partial charge in [-0.15, -0.1) is 0 Å². The second-order valence-corrected chi connectivity index (χ2v) is 9.94. The summed E-state index contributed by atoms with van der Waals surface area (Å²) >= 11 is 0. The zero-order chi connectivity index (χ0) is 18.2. The van der Waals surface area contributed by atoms with E-state index in [0.717, 1.165) is 35.5 Å². The van der Waals surface area contributed by atoms with Gasteiger partial charge in [-0.25, -0.2) is 0 Å². The molecular weight excluding hydrogens is 328 g/mol. The molecule has 0 saturated heterocycles. The molecular formula is C26H50O. The van der Waals surface area contributed by atoms with Crippen LogP contribution in [0.5, 0.6) is 0 Å². The summed E-state index contributed by atoms with van der Waals surface area (Å²) in [5, 5.41) is 0. The molecule has 1 nitrogen and oxygen atoms in total. The standard InChI is InChI=1S/C26H44.H2O.2H2/c1-3-4-5-6-7-8-22-11-15-24(16-12-22)26-19-17-25(18-20-26)23-13-9-21(2)10-14-23;;;/h3-4,7-8,21-26H,5-6,9-20H2,1-2H3;1H2;2*1H/b4-3+,8-7+;;;. The molecule has 0 atom stereocenters. The highest BCUT2D eigenvalue weighted by Gasteiger charge is 2.33. The Balaban J connectivity index is 0.00000261. The minimum Gasteiger partial charge on any atom is -0.412 e. The van der Waals surface area contributed by atoms with E-state index in [1.807, 2.05) is 0 Å². The van der Waals surface area contributed by atoms with Crippen LogP contribution in [0.1, 0.15) is 107 Å². The minimum absolute atomic E-state index is 0. The third-order valence-corrected chi connectivity index (χ3v) is 8.17. The Hall–Kier alpha value is -0.560. The van der Waals surface area contributed by atoms with E-state index in [9.17, 15) is 0 Å². The van der Waals surface area contributed by atoms with E-state index in [0.29, 0.717) is 0 Å². The van der Waals surface area contributed by atoms with Gasteiger partial charge in [-0.05, 0) is 119 Å². The first-order chi connectivity index (χ1) is 12.8. The Morgan fingerprint density at radius 2 is 1.04 bits per heavy atom. The van der Waals surface area contributed by atoms with Gasteiger partial charge < -0.3 is 5.48 Å². The average Bonchev–Trinajstić information content (AvgIpc) is 2.69. The molecule has 0 amide bonds. The largest absolute Gasteiger partial charge is 0.412 e. The summed E-state index contributed by atoms with van der Waals surface area (Å²) < 4.78 is 0. The minimum atomic E-state index is 0. The van der Waals surface area contributed by atoms with Crippen LogP contribution in [-0.4, -0.2) is 5.48 Å². The van der Waals surface area contributed by atoms with Crippen molar-refractivity contribution in [3.05, 3.63) is 24.3 Å². The fourth-order valence-electron chi connectivity index (χ4n) is 6.30. The van der Waals surface area contributed by atoms with Gasteiger partial charge >= 0.3 is 0 Å². The van der Waals surface area contributed by atoms with E-state index >= 15 is 0 Å². The van der Waals surface area contributed by atoms with Crippen molar-refractivity contribution in [2.45, 2.75) is 104 Å². The van der Waals surface area contributed by atoms with Crippen molar-refractivity contribution >= 4 is 0 Å². The Morgan fingerprint density at radius 1 is 0.630 bits per heavy atom. The molecule has 0 bridgehead atoms. The molecule has 3 saturated carbocycles. The van der Waals surface area contributed by atoms with E-state index in [1.54, 1.807) is 38.5 Å². The van der Waals surface area contributed by atoms with Crippen LogP contribution >= 0.6 is 0 Å². The molecule has 1 heteroatoms. The van der Waals surface area contributed by atoms with Crippen molar-refractivity contribution in [2.75, 3.05) is 0 Å². The van der Waals surface area contributed by atoms with Crippen molar-refractivity contribution < 1.29 is 8.33 Å². The normalized spacial score (nSPS) is 38.1. The third-order valence-electron chi connectivity index (χ3n) is 8.17. The summed E-state index contributed by atoms with van der Waals surface area (Å²) in [5.41, 5.74) is 0. The summed E-state index contributed by atoms with van der Waals surface area (Å²) in [6, 6.07) is 0.